The fourth-order valence-electron chi connectivity index (χ4n) is 6.80. The van der Waals surface area contributed by atoms with Gasteiger partial charge in [-0.15, -0.1) is 0 Å². The first-order valence-corrected chi connectivity index (χ1v) is 12.6. The maximum atomic E-state index is 2.43. The Kier molecular flexibility index (Phi) is 3.36. The first kappa shape index (κ1) is 18.6. The van der Waals surface area contributed by atoms with Gasteiger partial charge < -0.3 is 0 Å². The molecule has 9 aromatic carbocycles. The highest BCUT2D eigenvalue weighted by atomic mass is 14.2. The molecule has 0 saturated heterocycles. The molecular formula is C36H20. The van der Waals surface area contributed by atoms with E-state index in [0.29, 0.717) is 0 Å². The van der Waals surface area contributed by atoms with E-state index in [2.05, 4.69) is 121 Å². The lowest BCUT2D eigenvalue weighted by Crippen LogP contribution is -1.94. The fourth-order valence-corrected chi connectivity index (χ4v) is 6.80. The molecule has 0 spiro atoms. The molecule has 36 heavy (non-hydrogen) atoms. The largest absolute Gasteiger partial charge is 0.0622 e. The van der Waals surface area contributed by atoms with Crippen LogP contribution in [0.1, 0.15) is 0 Å². The van der Waals surface area contributed by atoms with Gasteiger partial charge in [-0.1, -0.05) is 115 Å². The third kappa shape index (κ3) is 2.20. The monoisotopic (exact) mass is 452 g/mol. The average molecular weight is 453 g/mol. The van der Waals surface area contributed by atoms with E-state index in [-0.39, 0.29) is 0 Å². The molecule has 0 aliphatic carbocycles. The van der Waals surface area contributed by atoms with Crippen LogP contribution in [0.15, 0.2) is 121 Å². The molecule has 0 heterocycles. The second kappa shape index (κ2) is 6.50. The van der Waals surface area contributed by atoms with E-state index in [0.717, 1.165) is 0 Å². The Morgan fingerprint density at radius 1 is 0.278 bits per heavy atom. The maximum Gasteiger partial charge on any atom is -0.000762 e. The van der Waals surface area contributed by atoms with Gasteiger partial charge in [-0.3, -0.25) is 0 Å². The molecule has 0 amide bonds. The topological polar surface area (TPSA) is 0 Å². The van der Waals surface area contributed by atoms with Crippen molar-refractivity contribution in [2.45, 2.75) is 0 Å². The van der Waals surface area contributed by atoms with Gasteiger partial charge in [0.25, 0.3) is 0 Å². The highest BCUT2D eigenvalue weighted by molar-refractivity contribution is 6.45. The molecule has 0 nitrogen and oxygen atoms in total. The molecule has 0 fully saturated rings. The first-order chi connectivity index (χ1) is 17.9. The van der Waals surface area contributed by atoms with Crippen molar-refractivity contribution in [3.63, 3.8) is 0 Å². The third-order valence-electron chi connectivity index (χ3n) is 8.30. The zero-order valence-electron chi connectivity index (χ0n) is 19.5. The Hall–Kier alpha value is -4.68. The van der Waals surface area contributed by atoms with Crippen molar-refractivity contribution >= 4 is 64.6 Å². The van der Waals surface area contributed by atoms with Crippen molar-refractivity contribution in [2.75, 3.05) is 0 Å². The molecular weight excluding hydrogens is 432 g/mol. The van der Waals surface area contributed by atoms with E-state index in [1.165, 1.54) is 86.9 Å². The summed E-state index contributed by atoms with van der Waals surface area (Å²) in [6, 6.07) is 45.1. The second-order valence-corrected chi connectivity index (χ2v) is 10.1. The Bertz CT molecular complexity index is 2180. The molecule has 0 N–H and O–H groups in total. The zero-order chi connectivity index (χ0) is 23.4. The summed E-state index contributed by atoms with van der Waals surface area (Å²) in [6.07, 6.45) is 0. The highest BCUT2D eigenvalue weighted by Crippen LogP contribution is 2.50. The van der Waals surface area contributed by atoms with Crippen LogP contribution in [-0.2, 0) is 0 Å². The van der Waals surface area contributed by atoms with Gasteiger partial charge in [0.15, 0.2) is 0 Å². The van der Waals surface area contributed by atoms with Gasteiger partial charge in [0.1, 0.15) is 0 Å². The van der Waals surface area contributed by atoms with Crippen LogP contribution in [0.4, 0.5) is 0 Å². The van der Waals surface area contributed by atoms with Crippen LogP contribution in [0, 0.1) is 0 Å². The van der Waals surface area contributed by atoms with Crippen LogP contribution < -0.4 is 0 Å². The van der Waals surface area contributed by atoms with E-state index in [9.17, 15) is 0 Å². The van der Waals surface area contributed by atoms with Crippen LogP contribution in [0.2, 0.25) is 0 Å². The molecule has 0 heteroatoms. The van der Waals surface area contributed by atoms with Crippen LogP contribution in [0.25, 0.3) is 86.9 Å². The van der Waals surface area contributed by atoms with Crippen LogP contribution in [-0.4, -0.2) is 0 Å². The van der Waals surface area contributed by atoms with E-state index in [4.69, 9.17) is 0 Å². The summed E-state index contributed by atoms with van der Waals surface area (Å²) in [6.45, 7) is 0. The van der Waals surface area contributed by atoms with E-state index in [1.807, 2.05) is 0 Å². The summed E-state index contributed by atoms with van der Waals surface area (Å²) in [4.78, 5) is 0. The number of rotatable bonds is 2. The average Bonchev–Trinajstić information content (AvgIpc) is 2.95. The molecule has 9 aromatic rings. The first-order valence-electron chi connectivity index (χ1n) is 12.6. The van der Waals surface area contributed by atoms with Gasteiger partial charge in [-0.2, -0.15) is 0 Å². The summed E-state index contributed by atoms with van der Waals surface area (Å²) in [5.74, 6) is 0. The smallest absolute Gasteiger partial charge is 0.000762 e. The summed E-state index contributed by atoms with van der Waals surface area (Å²) in [5.41, 5.74) is 5.12. The van der Waals surface area contributed by atoms with Gasteiger partial charge in [0.05, 0.1) is 0 Å². The Balaban J connectivity index is 1.56. The van der Waals surface area contributed by atoms with Crippen molar-refractivity contribution in [3.8, 4) is 22.3 Å². The normalized spacial score (nSPS) is 12.4. The third-order valence-corrected chi connectivity index (χ3v) is 8.30. The number of hydrogen-bond acceptors (Lipinski definition) is 0. The number of hydrogen-bond donors (Lipinski definition) is 0. The van der Waals surface area contributed by atoms with Crippen molar-refractivity contribution in [1.29, 1.82) is 0 Å². The lowest BCUT2D eigenvalue weighted by molar-refractivity contribution is 1.61. The Morgan fingerprint density at radius 3 is 1.33 bits per heavy atom. The molecule has 0 radical (unpaired) electrons. The number of benzene rings is 9. The quantitative estimate of drug-likeness (QED) is 0.181. The lowest BCUT2D eigenvalue weighted by atomic mass is 9.80. The summed E-state index contributed by atoms with van der Waals surface area (Å²) in [7, 11) is 0. The molecule has 9 rings (SSSR count). The van der Waals surface area contributed by atoms with Crippen LogP contribution in [0.3, 0.4) is 0 Å². The van der Waals surface area contributed by atoms with E-state index < -0.39 is 0 Å². The minimum Gasteiger partial charge on any atom is -0.0622 e. The van der Waals surface area contributed by atoms with E-state index >= 15 is 0 Å². The molecule has 0 bridgehead atoms. The Labute approximate surface area is 208 Å². The molecule has 164 valence electrons. The summed E-state index contributed by atoms with van der Waals surface area (Å²) in [5, 5.41) is 16.4. The minimum atomic E-state index is 1.25. The molecule has 0 aliphatic rings. The van der Waals surface area contributed by atoms with Crippen molar-refractivity contribution < 1.29 is 0 Å². The van der Waals surface area contributed by atoms with Gasteiger partial charge >= 0.3 is 0 Å². The van der Waals surface area contributed by atoms with Gasteiger partial charge in [-0.05, 0) is 93.0 Å². The Morgan fingerprint density at radius 2 is 0.722 bits per heavy atom. The standard InChI is InChI=1S/C36H20/c1-2-6-21(7-3-1)27-8-4-5-9-28(27)30-20-26-17-16-24-13-11-22-10-12-23-14-15-25-18-19-29(30)36-34(25)32(23)31(22)33(24)35(26)36/h1-20H. The molecule has 0 atom stereocenters. The van der Waals surface area contributed by atoms with Gasteiger partial charge in [-0.25, -0.2) is 0 Å². The maximum absolute atomic E-state index is 2.43. The molecule has 0 unspecified atom stereocenters. The van der Waals surface area contributed by atoms with E-state index in [1.54, 1.807) is 0 Å². The van der Waals surface area contributed by atoms with Crippen LogP contribution in [0.5, 0.6) is 0 Å². The van der Waals surface area contributed by atoms with Crippen molar-refractivity contribution in [1.82, 2.24) is 0 Å². The molecule has 0 aliphatic heterocycles. The predicted molar refractivity (Wildman–Crippen MR) is 156 cm³/mol. The van der Waals surface area contributed by atoms with Crippen molar-refractivity contribution in [3.05, 3.63) is 121 Å². The SMILES string of the molecule is c1ccc(-c2ccccc2-c2cc3ccc4ccc5ccc6ccc7ccc2c2c7c6c5c4c32)cc1. The highest BCUT2D eigenvalue weighted by Gasteiger charge is 2.22. The predicted octanol–water partition coefficient (Wildman–Crippen LogP) is 10.3. The summed E-state index contributed by atoms with van der Waals surface area (Å²) >= 11 is 0. The van der Waals surface area contributed by atoms with Gasteiger partial charge in [0, 0.05) is 0 Å². The fraction of sp³-hybridized carbons (Fsp3) is 0. The lowest BCUT2D eigenvalue weighted by Gasteiger charge is -2.22. The molecule has 0 aromatic heterocycles. The molecule has 0 saturated carbocycles. The minimum absolute atomic E-state index is 1.25. The van der Waals surface area contributed by atoms with Gasteiger partial charge in [0.2, 0.25) is 0 Å². The zero-order valence-corrected chi connectivity index (χ0v) is 19.5. The van der Waals surface area contributed by atoms with Crippen molar-refractivity contribution in [2.24, 2.45) is 0 Å². The second-order valence-electron chi connectivity index (χ2n) is 10.1. The van der Waals surface area contributed by atoms with Crippen LogP contribution >= 0.6 is 0 Å². The summed E-state index contributed by atoms with van der Waals surface area (Å²) < 4.78 is 0.